The van der Waals surface area contributed by atoms with Crippen molar-refractivity contribution in [2.24, 2.45) is 5.73 Å². The fourth-order valence-electron chi connectivity index (χ4n) is 4.28. The number of aliphatic hydroxyl groups excluding tert-OH is 1. The van der Waals surface area contributed by atoms with E-state index in [1.165, 1.54) is 19.5 Å². The molecule has 0 saturated carbocycles. The Morgan fingerprint density at radius 1 is 1.14 bits per heavy atom. The Hall–Kier alpha value is -2.89. The average Bonchev–Trinajstić information content (AvgIpc) is 3.28. The van der Waals surface area contributed by atoms with E-state index in [-0.39, 0.29) is 33.6 Å². The first-order valence-corrected chi connectivity index (χ1v) is 12.1. The highest BCUT2D eigenvalue weighted by molar-refractivity contribution is 6.39. The Labute approximate surface area is 217 Å². The molecule has 0 unspecified atom stereocenters. The quantitative estimate of drug-likeness (QED) is 0.399. The Kier molecular flexibility index (Phi) is 8.32. The molecule has 192 valence electrons. The number of furan rings is 1. The van der Waals surface area contributed by atoms with Gasteiger partial charge in [0.25, 0.3) is 11.8 Å². The summed E-state index contributed by atoms with van der Waals surface area (Å²) < 4.78 is 16.7. The number of hydrogen-bond donors (Lipinski definition) is 2. The summed E-state index contributed by atoms with van der Waals surface area (Å²) in [6.07, 6.45) is 2.87. The van der Waals surface area contributed by atoms with E-state index in [2.05, 4.69) is 9.88 Å². The lowest BCUT2D eigenvalue weighted by atomic mass is 9.98. The first kappa shape index (κ1) is 26.2. The van der Waals surface area contributed by atoms with Crippen LogP contribution in [0.15, 0.2) is 28.9 Å². The number of methoxy groups -OCH3 is 1. The van der Waals surface area contributed by atoms with Gasteiger partial charge in [-0.2, -0.15) is 0 Å². The molecule has 0 atom stereocenters. The van der Waals surface area contributed by atoms with Gasteiger partial charge in [-0.1, -0.05) is 23.2 Å². The third-order valence-corrected chi connectivity index (χ3v) is 6.61. The van der Waals surface area contributed by atoms with Gasteiger partial charge >= 0.3 is 0 Å². The van der Waals surface area contributed by atoms with Gasteiger partial charge in [-0.05, 0) is 17.7 Å². The monoisotopic (exact) mass is 536 g/mol. The lowest BCUT2D eigenvalue weighted by Crippen LogP contribution is -2.49. The molecule has 4 rings (SSSR count). The summed E-state index contributed by atoms with van der Waals surface area (Å²) in [7, 11) is 1.46. The number of fused-ring (bicyclic) bond motifs is 1. The van der Waals surface area contributed by atoms with Gasteiger partial charge in [-0.15, -0.1) is 0 Å². The maximum Gasteiger partial charge on any atom is 0.290 e. The molecule has 0 bridgehead atoms. The van der Waals surface area contributed by atoms with Gasteiger partial charge in [0.1, 0.15) is 0 Å². The summed E-state index contributed by atoms with van der Waals surface area (Å²) >= 11 is 12.8. The molecule has 0 radical (unpaired) electrons. The summed E-state index contributed by atoms with van der Waals surface area (Å²) in [4.78, 5) is 34.0. The van der Waals surface area contributed by atoms with E-state index < -0.39 is 11.8 Å². The van der Waals surface area contributed by atoms with Crippen molar-refractivity contribution in [1.29, 1.82) is 0 Å². The summed E-state index contributed by atoms with van der Waals surface area (Å²) in [5, 5.41) is 9.63. The smallest absolute Gasteiger partial charge is 0.290 e. The number of benzene rings is 1. The molecular weight excluding hydrogens is 511 g/mol. The second-order valence-corrected chi connectivity index (χ2v) is 8.95. The number of carbonyl (C=O) groups is 2. The third kappa shape index (κ3) is 5.14. The maximum absolute atomic E-state index is 13.5. The number of aromatic nitrogens is 1. The molecule has 0 aliphatic carbocycles. The number of hydrogen-bond acceptors (Lipinski definition) is 8. The van der Waals surface area contributed by atoms with E-state index in [0.29, 0.717) is 68.2 Å². The molecule has 1 aromatic carbocycles. The minimum Gasteiger partial charge on any atom is -0.493 e. The van der Waals surface area contributed by atoms with E-state index in [1.54, 1.807) is 17.0 Å². The van der Waals surface area contributed by atoms with Crippen LogP contribution in [0.5, 0.6) is 5.75 Å². The predicted octanol–water partition coefficient (Wildman–Crippen LogP) is 2.68. The number of aliphatic hydroxyl groups is 1. The third-order valence-electron chi connectivity index (χ3n) is 6.03. The van der Waals surface area contributed by atoms with E-state index in [0.717, 1.165) is 0 Å². The fourth-order valence-corrected chi connectivity index (χ4v) is 4.85. The van der Waals surface area contributed by atoms with Crippen molar-refractivity contribution >= 4 is 46.0 Å². The summed E-state index contributed by atoms with van der Waals surface area (Å²) in [5.41, 5.74) is 6.80. The Morgan fingerprint density at radius 3 is 2.44 bits per heavy atom. The fraction of sp³-hybridized carbons (Fsp3) is 0.375. The topological polar surface area (TPSA) is 131 Å². The average molecular weight is 537 g/mol. The van der Waals surface area contributed by atoms with Crippen LogP contribution in [-0.2, 0) is 4.74 Å². The van der Waals surface area contributed by atoms with Gasteiger partial charge in [-0.25, -0.2) is 0 Å². The highest BCUT2D eigenvalue weighted by Gasteiger charge is 2.33. The van der Waals surface area contributed by atoms with Crippen molar-refractivity contribution in [2.45, 2.75) is 0 Å². The number of amides is 2. The predicted molar refractivity (Wildman–Crippen MR) is 135 cm³/mol. The molecular formula is C24H26Cl2N4O6. The van der Waals surface area contributed by atoms with Gasteiger partial charge < -0.3 is 29.6 Å². The van der Waals surface area contributed by atoms with Crippen molar-refractivity contribution in [3.63, 3.8) is 0 Å². The molecule has 3 heterocycles. The van der Waals surface area contributed by atoms with Crippen LogP contribution in [0.2, 0.25) is 10.0 Å². The molecule has 2 aromatic heterocycles. The molecule has 1 fully saturated rings. The van der Waals surface area contributed by atoms with Crippen molar-refractivity contribution < 1.29 is 28.6 Å². The van der Waals surface area contributed by atoms with Crippen LogP contribution >= 0.6 is 23.2 Å². The largest absolute Gasteiger partial charge is 0.493 e. The number of nitrogens with zero attached hydrogens (tertiary/aromatic N) is 3. The summed E-state index contributed by atoms with van der Waals surface area (Å²) in [6.45, 7) is 3.56. The number of halogens is 2. The first-order valence-electron chi connectivity index (χ1n) is 11.3. The zero-order valence-corrected chi connectivity index (χ0v) is 21.1. The molecule has 1 aliphatic rings. The van der Waals surface area contributed by atoms with Gasteiger partial charge in [-0.3, -0.25) is 19.5 Å². The highest BCUT2D eigenvalue weighted by Crippen LogP contribution is 2.44. The van der Waals surface area contributed by atoms with Crippen molar-refractivity contribution in [2.75, 3.05) is 59.7 Å². The SMILES string of the molecule is COc1ccc(-c2c(Cl)cncc2Cl)c2c(C(N)=O)c(C(=O)N3CCN(CCOCCO)CC3)oc12. The second kappa shape index (κ2) is 11.4. The van der Waals surface area contributed by atoms with Crippen molar-refractivity contribution in [3.8, 4) is 16.9 Å². The van der Waals surface area contributed by atoms with Crippen molar-refractivity contribution in [1.82, 2.24) is 14.8 Å². The summed E-state index contributed by atoms with van der Waals surface area (Å²) in [5.74, 6) is -1.11. The number of nitrogens with two attached hydrogens (primary N) is 1. The van der Waals surface area contributed by atoms with Crippen LogP contribution in [-0.4, -0.2) is 91.4 Å². The molecule has 12 heteroatoms. The molecule has 0 spiro atoms. The first-order chi connectivity index (χ1) is 17.4. The van der Waals surface area contributed by atoms with Gasteiger partial charge in [0.2, 0.25) is 5.76 Å². The minimum atomic E-state index is -0.826. The zero-order chi connectivity index (χ0) is 25.8. The lowest BCUT2D eigenvalue weighted by Gasteiger charge is -2.34. The highest BCUT2D eigenvalue weighted by atomic mass is 35.5. The maximum atomic E-state index is 13.5. The molecule has 36 heavy (non-hydrogen) atoms. The standard InChI is InChI=1S/C24H26Cl2N4O6/c1-34-17-3-2-14(18-15(25)12-28-13-16(18)26)19-20(23(27)32)22(36-21(17)19)24(33)30-6-4-29(5-7-30)8-10-35-11-9-31/h2-3,12-13,31H,4-11H2,1H3,(H2,27,32). The van der Waals surface area contributed by atoms with E-state index in [1.807, 2.05) is 0 Å². The van der Waals surface area contributed by atoms with Crippen LogP contribution in [0, 0.1) is 0 Å². The Balaban J connectivity index is 1.71. The zero-order valence-electron chi connectivity index (χ0n) is 19.6. The lowest BCUT2D eigenvalue weighted by molar-refractivity contribution is 0.0468. The number of pyridine rings is 1. The van der Waals surface area contributed by atoms with Crippen LogP contribution < -0.4 is 10.5 Å². The second-order valence-electron chi connectivity index (χ2n) is 8.14. The molecule has 10 nitrogen and oxygen atoms in total. The van der Waals surface area contributed by atoms with Crippen LogP contribution in [0.25, 0.3) is 22.1 Å². The minimum absolute atomic E-state index is 0.0198. The molecule has 3 N–H and O–H groups in total. The number of primary amides is 1. The van der Waals surface area contributed by atoms with Crippen LogP contribution in [0.3, 0.4) is 0 Å². The molecule has 1 aliphatic heterocycles. The summed E-state index contributed by atoms with van der Waals surface area (Å²) in [6, 6.07) is 3.33. The normalized spacial score (nSPS) is 14.4. The van der Waals surface area contributed by atoms with E-state index in [4.69, 9.17) is 47.9 Å². The van der Waals surface area contributed by atoms with Crippen molar-refractivity contribution in [3.05, 3.63) is 45.9 Å². The van der Waals surface area contributed by atoms with Crippen LogP contribution in [0.4, 0.5) is 0 Å². The van der Waals surface area contributed by atoms with Gasteiger partial charge in [0.05, 0.1) is 42.5 Å². The molecule has 1 saturated heterocycles. The number of rotatable bonds is 9. The number of carbonyl (C=O) groups excluding carboxylic acids is 2. The van der Waals surface area contributed by atoms with Gasteiger partial charge in [0.15, 0.2) is 11.3 Å². The Bertz CT molecular complexity index is 1250. The van der Waals surface area contributed by atoms with Gasteiger partial charge in [0, 0.05) is 56.1 Å². The Morgan fingerprint density at radius 2 is 1.83 bits per heavy atom. The van der Waals surface area contributed by atoms with E-state index >= 15 is 0 Å². The molecule has 3 aromatic rings. The molecule has 2 amide bonds. The number of piperazine rings is 1. The van der Waals surface area contributed by atoms with E-state index in [9.17, 15) is 9.59 Å². The number of ether oxygens (including phenoxy) is 2. The van der Waals surface area contributed by atoms with Crippen LogP contribution in [0.1, 0.15) is 20.9 Å².